The molecule has 0 N–H and O–H groups in total. The van der Waals surface area contributed by atoms with Crippen molar-refractivity contribution in [2.24, 2.45) is 0 Å². The topological polar surface area (TPSA) is 63.2 Å². The predicted molar refractivity (Wildman–Crippen MR) is 151 cm³/mol. The molecule has 0 radical (unpaired) electrons. The van der Waals surface area contributed by atoms with Crippen LogP contribution in [-0.2, 0) is 38.9 Å². The molecule has 0 aliphatic rings. The highest BCUT2D eigenvalue weighted by molar-refractivity contribution is 8.12. The van der Waals surface area contributed by atoms with E-state index in [0.29, 0.717) is 19.8 Å². The zero-order chi connectivity index (χ0) is 26.0. The van der Waals surface area contributed by atoms with Crippen molar-refractivity contribution in [2.45, 2.75) is 76.9 Å². The Balaban J connectivity index is 3.14. The lowest BCUT2D eigenvalue weighted by Gasteiger charge is -2.36. The van der Waals surface area contributed by atoms with Crippen LogP contribution in [0.2, 0.25) is 18.1 Å². The quantitative estimate of drug-likeness (QED) is 0.0849. The Morgan fingerprint density at radius 2 is 1.38 bits per heavy atom. The van der Waals surface area contributed by atoms with Crippen LogP contribution < -0.4 is 0 Å². The molecule has 0 aliphatic heterocycles. The van der Waals surface area contributed by atoms with Crippen LogP contribution in [0.1, 0.15) is 59.4 Å². The Morgan fingerprint density at radius 1 is 0.912 bits per heavy atom. The molecular formula is C23H44O6P2S2Si. The minimum absolute atomic E-state index is 0.199. The van der Waals surface area contributed by atoms with Crippen LogP contribution in [0.3, 0.4) is 0 Å². The average Bonchev–Trinajstić information content (AvgIpc) is 2.72. The van der Waals surface area contributed by atoms with Crippen molar-refractivity contribution in [1.29, 1.82) is 0 Å². The van der Waals surface area contributed by atoms with Crippen molar-refractivity contribution in [3.63, 3.8) is 0 Å². The van der Waals surface area contributed by atoms with Crippen LogP contribution >= 0.6 is 25.8 Å². The van der Waals surface area contributed by atoms with E-state index in [0.717, 1.165) is 16.2 Å². The highest BCUT2D eigenvalue weighted by atomic mass is 32.5. The summed E-state index contributed by atoms with van der Waals surface area (Å²) in [5.74, 6) is 0.863. The van der Waals surface area contributed by atoms with Crippen molar-refractivity contribution in [2.75, 3.05) is 38.8 Å². The summed E-state index contributed by atoms with van der Waals surface area (Å²) in [6.45, 7) is 17.5. The fourth-order valence-corrected chi connectivity index (χ4v) is 12.4. The maximum atomic E-state index is 13.9. The summed E-state index contributed by atoms with van der Waals surface area (Å²) in [6.07, 6.45) is 0. The van der Waals surface area contributed by atoms with Crippen LogP contribution in [-0.4, -0.2) is 47.1 Å². The van der Waals surface area contributed by atoms with Gasteiger partial charge in [-0.2, -0.15) is 0 Å². The van der Waals surface area contributed by atoms with Crippen LogP contribution in [0.4, 0.5) is 0 Å². The van der Waals surface area contributed by atoms with E-state index in [4.69, 9.17) is 34.3 Å². The molecule has 0 saturated carbocycles. The van der Waals surface area contributed by atoms with E-state index in [2.05, 4.69) is 33.9 Å². The van der Waals surface area contributed by atoms with E-state index in [1.54, 1.807) is 25.6 Å². The van der Waals surface area contributed by atoms with Crippen molar-refractivity contribution >= 4 is 46.0 Å². The second-order valence-electron chi connectivity index (χ2n) is 9.15. The summed E-state index contributed by atoms with van der Waals surface area (Å²) >= 11 is 7.61. The smallest absolute Gasteiger partial charge is 0.347 e. The molecule has 1 atom stereocenters. The van der Waals surface area contributed by atoms with Gasteiger partial charge in [0.05, 0.1) is 26.4 Å². The standard InChI is InChI=1S/C23H44O6P2S2Si/c1-10-25-30(24,26-11-2)22(31(32,27-12-3)28-13-4)20-14-16-21(17-15-20)33-19-18-29-34(8,9)23(5,6)7/h14-17,22H,10-13,18-19H2,1-9H3. The van der Waals surface area contributed by atoms with E-state index >= 15 is 0 Å². The summed E-state index contributed by atoms with van der Waals surface area (Å²) in [4.78, 5) is 1.10. The number of hydrogen-bond donors (Lipinski definition) is 0. The number of hydrogen-bond acceptors (Lipinski definition) is 8. The van der Waals surface area contributed by atoms with Crippen molar-refractivity contribution in [3.8, 4) is 0 Å². The SMILES string of the molecule is CCOP(=O)(OCC)C(c1ccc(SCCO[Si](C)(C)C(C)(C)C)cc1)P(=S)(OCC)OCC. The van der Waals surface area contributed by atoms with Gasteiger partial charge in [0.1, 0.15) is 0 Å². The third-order valence-corrected chi connectivity index (χ3v) is 18.9. The van der Waals surface area contributed by atoms with Gasteiger partial charge in [0.2, 0.25) is 6.49 Å². The Bertz CT molecular complexity index is 780. The third kappa shape index (κ3) is 9.09. The lowest BCUT2D eigenvalue weighted by Crippen LogP contribution is -2.41. The molecule has 1 unspecified atom stereocenters. The minimum Gasteiger partial charge on any atom is -0.416 e. The van der Waals surface area contributed by atoms with Gasteiger partial charge >= 0.3 is 7.60 Å². The molecule has 1 aromatic carbocycles. The maximum absolute atomic E-state index is 13.9. The van der Waals surface area contributed by atoms with E-state index in [1.807, 2.05) is 38.1 Å². The van der Waals surface area contributed by atoms with Gasteiger partial charge in [-0.25, -0.2) is 0 Å². The molecule has 1 aromatic rings. The lowest BCUT2D eigenvalue weighted by atomic mass is 10.2. The van der Waals surface area contributed by atoms with Gasteiger partial charge in [0.15, 0.2) is 13.7 Å². The summed E-state index contributed by atoms with van der Waals surface area (Å²) in [7, 11) is -5.38. The summed E-state index contributed by atoms with van der Waals surface area (Å²) < 4.78 is 43.5. The first kappa shape index (κ1) is 32.5. The van der Waals surface area contributed by atoms with Gasteiger partial charge < -0.3 is 22.5 Å². The molecular weight excluding hydrogens is 526 g/mol. The average molecular weight is 571 g/mol. The van der Waals surface area contributed by atoms with Crippen LogP contribution in [0, 0.1) is 0 Å². The molecule has 198 valence electrons. The number of benzene rings is 1. The first-order chi connectivity index (χ1) is 15.8. The fourth-order valence-electron chi connectivity index (χ4n) is 3.02. The van der Waals surface area contributed by atoms with Crippen molar-refractivity contribution < 1.29 is 27.1 Å². The van der Waals surface area contributed by atoms with E-state index < -0.39 is 27.8 Å². The first-order valence-corrected chi connectivity index (χ1v) is 20.2. The molecule has 0 spiro atoms. The number of thioether (sulfide) groups is 1. The normalized spacial score (nSPS) is 14.4. The second kappa shape index (κ2) is 14.4. The Morgan fingerprint density at radius 3 is 1.79 bits per heavy atom. The zero-order valence-corrected chi connectivity index (χ0v) is 26.7. The maximum Gasteiger partial charge on any atom is 0.347 e. The molecule has 11 heteroatoms. The van der Waals surface area contributed by atoms with Crippen molar-refractivity contribution in [1.82, 2.24) is 0 Å². The van der Waals surface area contributed by atoms with Gasteiger partial charge in [-0.05, 0) is 75.3 Å². The number of rotatable bonds is 16. The predicted octanol–water partition coefficient (Wildman–Crippen LogP) is 8.45. The van der Waals surface area contributed by atoms with Gasteiger partial charge in [-0.3, -0.25) is 4.57 Å². The van der Waals surface area contributed by atoms with Gasteiger partial charge in [0.25, 0.3) is 0 Å². The monoisotopic (exact) mass is 570 g/mol. The fraction of sp³-hybridized carbons (Fsp3) is 0.739. The molecule has 0 fully saturated rings. The Kier molecular flexibility index (Phi) is 13.8. The van der Waals surface area contributed by atoms with Crippen LogP contribution in [0.5, 0.6) is 0 Å². The largest absolute Gasteiger partial charge is 0.416 e. The Labute approximate surface area is 218 Å². The van der Waals surface area contributed by atoms with Crippen LogP contribution in [0.25, 0.3) is 0 Å². The molecule has 0 bridgehead atoms. The molecule has 1 rings (SSSR count). The van der Waals surface area contributed by atoms with Gasteiger partial charge in [-0.15, -0.1) is 11.8 Å². The zero-order valence-electron chi connectivity index (χ0n) is 22.3. The first-order valence-electron chi connectivity index (χ1n) is 11.9. The summed E-state index contributed by atoms with van der Waals surface area (Å²) in [6, 6.07) is 7.90. The van der Waals surface area contributed by atoms with Crippen LogP contribution in [0.15, 0.2) is 29.2 Å². The van der Waals surface area contributed by atoms with Gasteiger partial charge in [0, 0.05) is 17.3 Å². The molecule has 0 aromatic heterocycles. The van der Waals surface area contributed by atoms with Crippen molar-refractivity contribution in [3.05, 3.63) is 29.8 Å². The molecule has 34 heavy (non-hydrogen) atoms. The summed E-state index contributed by atoms with van der Waals surface area (Å²) in [5.41, 5.74) is 0.748. The van der Waals surface area contributed by atoms with E-state index in [1.165, 1.54) is 0 Å². The highest BCUT2D eigenvalue weighted by Crippen LogP contribution is 2.78. The van der Waals surface area contributed by atoms with E-state index in [-0.39, 0.29) is 18.3 Å². The molecule has 6 nitrogen and oxygen atoms in total. The van der Waals surface area contributed by atoms with Gasteiger partial charge in [-0.1, -0.05) is 32.9 Å². The lowest BCUT2D eigenvalue weighted by molar-refractivity contribution is 0.210. The Hall–Kier alpha value is 0.467. The summed E-state index contributed by atoms with van der Waals surface area (Å²) in [5, 5.41) is -0.597. The second-order valence-corrected chi connectivity index (χ2v) is 21.3. The highest BCUT2D eigenvalue weighted by Gasteiger charge is 2.48. The molecule has 0 heterocycles. The molecule has 0 amide bonds. The molecule has 0 aliphatic carbocycles. The van der Waals surface area contributed by atoms with E-state index in [9.17, 15) is 4.57 Å². The molecule has 0 saturated heterocycles. The third-order valence-electron chi connectivity index (χ3n) is 5.63. The minimum atomic E-state index is -3.64.